The molecule has 1 aliphatic heterocycles. The van der Waals surface area contributed by atoms with Crippen molar-refractivity contribution in [3.05, 3.63) is 60.7 Å². The molecule has 150 valence electrons. The molecule has 2 aromatic carbocycles. The smallest absolute Gasteiger partial charge is 0.369 e. The maximum absolute atomic E-state index is 12.8. The van der Waals surface area contributed by atoms with Crippen molar-refractivity contribution in [3.63, 3.8) is 0 Å². The number of carbonyl (C=O) groups is 4. The number of para-hydroxylation sites is 2. The lowest BCUT2D eigenvalue weighted by Gasteiger charge is -2.10. The van der Waals surface area contributed by atoms with E-state index >= 15 is 0 Å². The van der Waals surface area contributed by atoms with E-state index in [4.69, 9.17) is 0 Å². The van der Waals surface area contributed by atoms with E-state index < -0.39 is 29.7 Å². The van der Waals surface area contributed by atoms with Crippen LogP contribution in [0.4, 0.5) is 21.0 Å². The number of hydrogen-bond acceptors (Lipinski definition) is 6. The van der Waals surface area contributed by atoms with Crippen LogP contribution in [-0.4, -0.2) is 53.9 Å². The number of methoxy groups -OCH3 is 2. The summed E-state index contributed by atoms with van der Waals surface area (Å²) in [5.74, 6) is -2.29. The number of amides is 4. The minimum absolute atomic E-state index is 0.399. The number of urea groups is 2. The SMILES string of the molecule is COC(=O)C1(C(=O)OC)N(C(=O)Nc2ccccc2)N1C(=O)Nc1ccccc1. The van der Waals surface area contributed by atoms with Gasteiger partial charge in [0, 0.05) is 11.4 Å². The Kier molecular flexibility index (Phi) is 5.35. The average Bonchev–Trinajstić information content (AvgIpc) is 3.46. The van der Waals surface area contributed by atoms with Gasteiger partial charge in [-0.3, -0.25) is 0 Å². The highest BCUT2D eigenvalue weighted by molar-refractivity contribution is 6.17. The summed E-state index contributed by atoms with van der Waals surface area (Å²) in [5.41, 5.74) is -1.57. The number of carbonyl (C=O) groups excluding carboxylic acids is 4. The van der Waals surface area contributed by atoms with E-state index in [2.05, 4.69) is 20.1 Å². The number of anilines is 2. The Morgan fingerprint density at radius 2 is 1.03 bits per heavy atom. The molecule has 0 atom stereocenters. The summed E-state index contributed by atoms with van der Waals surface area (Å²) >= 11 is 0. The van der Waals surface area contributed by atoms with E-state index in [-0.39, 0.29) is 0 Å². The first-order valence-corrected chi connectivity index (χ1v) is 8.46. The third-order valence-corrected chi connectivity index (χ3v) is 4.15. The monoisotopic (exact) mass is 398 g/mol. The Bertz CT molecular complexity index is 857. The number of nitrogens with zero attached hydrogens (tertiary/aromatic N) is 2. The van der Waals surface area contributed by atoms with Crippen LogP contribution in [0.15, 0.2) is 60.7 Å². The van der Waals surface area contributed by atoms with Gasteiger partial charge in [0.2, 0.25) is 0 Å². The van der Waals surface area contributed by atoms with Crippen molar-refractivity contribution in [2.45, 2.75) is 5.66 Å². The lowest BCUT2D eigenvalue weighted by molar-refractivity contribution is -0.158. The van der Waals surface area contributed by atoms with Gasteiger partial charge in [-0.25, -0.2) is 19.2 Å². The van der Waals surface area contributed by atoms with Crippen molar-refractivity contribution < 1.29 is 28.7 Å². The zero-order valence-electron chi connectivity index (χ0n) is 15.6. The van der Waals surface area contributed by atoms with E-state index in [0.717, 1.165) is 14.2 Å². The van der Waals surface area contributed by atoms with Gasteiger partial charge in [0.05, 0.1) is 14.2 Å². The van der Waals surface area contributed by atoms with Gasteiger partial charge in [-0.1, -0.05) is 36.4 Å². The van der Waals surface area contributed by atoms with Gasteiger partial charge in [0.25, 0.3) is 0 Å². The summed E-state index contributed by atoms with van der Waals surface area (Å²) in [6, 6.07) is 14.9. The number of nitrogens with one attached hydrogen (secondary N) is 2. The highest BCUT2D eigenvalue weighted by Crippen LogP contribution is 2.43. The molecule has 0 radical (unpaired) electrons. The largest absolute Gasteiger partial charge is 0.465 e. The molecule has 0 spiro atoms. The van der Waals surface area contributed by atoms with Gasteiger partial charge in [0.15, 0.2) is 0 Å². The number of rotatable bonds is 4. The minimum Gasteiger partial charge on any atom is -0.465 e. The van der Waals surface area contributed by atoms with Crippen molar-refractivity contribution in [2.24, 2.45) is 0 Å². The summed E-state index contributed by atoms with van der Waals surface area (Å²) in [7, 11) is 2.07. The highest BCUT2D eigenvalue weighted by Gasteiger charge is 2.80. The fourth-order valence-electron chi connectivity index (χ4n) is 2.80. The predicted octanol–water partition coefficient (Wildman–Crippen LogP) is 2.03. The quantitative estimate of drug-likeness (QED) is 0.462. The number of hydrazine groups is 1. The van der Waals surface area contributed by atoms with Crippen molar-refractivity contribution in [1.29, 1.82) is 0 Å². The maximum atomic E-state index is 12.8. The van der Waals surface area contributed by atoms with Crippen LogP contribution in [0.25, 0.3) is 0 Å². The van der Waals surface area contributed by atoms with Crippen LogP contribution in [0, 0.1) is 0 Å². The first kappa shape index (κ1) is 19.7. The molecule has 0 bridgehead atoms. The molecule has 2 aromatic rings. The van der Waals surface area contributed by atoms with Crippen LogP contribution >= 0.6 is 0 Å². The van der Waals surface area contributed by atoms with Gasteiger partial charge < -0.3 is 20.1 Å². The van der Waals surface area contributed by atoms with Gasteiger partial charge in [-0.2, -0.15) is 10.0 Å². The molecule has 0 unspecified atom stereocenters. The van der Waals surface area contributed by atoms with E-state index in [1.807, 2.05) is 0 Å². The Balaban J connectivity index is 1.93. The summed E-state index contributed by atoms with van der Waals surface area (Å²) in [5, 5.41) is 6.33. The Hall–Kier alpha value is -4.08. The van der Waals surface area contributed by atoms with Gasteiger partial charge in [0.1, 0.15) is 0 Å². The topological polar surface area (TPSA) is 117 Å². The van der Waals surface area contributed by atoms with Crippen LogP contribution in [0.2, 0.25) is 0 Å². The molecular weight excluding hydrogens is 380 g/mol. The lowest BCUT2D eigenvalue weighted by atomic mass is 10.2. The van der Waals surface area contributed by atoms with Gasteiger partial charge >= 0.3 is 29.7 Å². The predicted molar refractivity (Wildman–Crippen MR) is 101 cm³/mol. The molecule has 29 heavy (non-hydrogen) atoms. The molecular formula is C19H18N4O6. The Morgan fingerprint density at radius 3 is 1.34 bits per heavy atom. The van der Waals surface area contributed by atoms with Crippen LogP contribution < -0.4 is 10.6 Å². The summed E-state index contributed by atoms with van der Waals surface area (Å²) < 4.78 is 9.36. The normalized spacial score (nSPS) is 13.9. The third-order valence-electron chi connectivity index (χ3n) is 4.15. The van der Waals surface area contributed by atoms with Gasteiger partial charge in [-0.05, 0) is 24.3 Å². The number of hydrogen-bond donors (Lipinski definition) is 2. The Morgan fingerprint density at radius 1 is 0.690 bits per heavy atom. The van der Waals surface area contributed by atoms with Crippen LogP contribution in [-0.2, 0) is 19.1 Å². The molecule has 1 heterocycles. The van der Waals surface area contributed by atoms with Crippen LogP contribution in [0.1, 0.15) is 0 Å². The molecule has 1 fully saturated rings. The summed E-state index contributed by atoms with van der Waals surface area (Å²) in [6.45, 7) is 0. The van der Waals surface area contributed by atoms with Crippen molar-refractivity contribution in [2.75, 3.05) is 24.9 Å². The second-order valence-electron chi connectivity index (χ2n) is 5.87. The van der Waals surface area contributed by atoms with Crippen LogP contribution in [0.5, 0.6) is 0 Å². The molecule has 0 saturated carbocycles. The lowest BCUT2D eigenvalue weighted by Crippen LogP contribution is -2.44. The summed E-state index contributed by atoms with van der Waals surface area (Å²) in [6.07, 6.45) is 0. The average molecular weight is 398 g/mol. The van der Waals surface area contributed by atoms with E-state index in [0.29, 0.717) is 21.4 Å². The molecule has 1 saturated heterocycles. The minimum atomic E-state index is -2.37. The standard InChI is InChI=1S/C19H18N4O6/c1-28-15(24)19(16(25)29-2)22(17(26)20-13-9-5-3-6-10-13)23(19)18(27)21-14-11-7-4-8-12-14/h3-12H,1-2H3,(H,20,26)(H,21,27). The van der Waals surface area contributed by atoms with E-state index in [1.165, 1.54) is 0 Å². The van der Waals surface area contributed by atoms with Crippen molar-refractivity contribution in [1.82, 2.24) is 10.0 Å². The molecule has 2 N–H and O–H groups in total. The van der Waals surface area contributed by atoms with Crippen molar-refractivity contribution in [3.8, 4) is 0 Å². The third kappa shape index (κ3) is 3.43. The fourth-order valence-corrected chi connectivity index (χ4v) is 2.80. The van der Waals surface area contributed by atoms with Crippen LogP contribution in [0.3, 0.4) is 0 Å². The number of esters is 2. The fraction of sp³-hybridized carbons (Fsp3) is 0.158. The molecule has 4 amide bonds. The molecule has 3 rings (SSSR count). The molecule has 0 aliphatic carbocycles. The first-order chi connectivity index (χ1) is 14.0. The molecule has 10 nitrogen and oxygen atoms in total. The molecule has 10 heteroatoms. The Labute approximate surface area is 165 Å². The van der Waals surface area contributed by atoms with E-state index in [1.54, 1.807) is 60.7 Å². The summed E-state index contributed by atoms with van der Waals surface area (Å²) in [4.78, 5) is 50.5. The van der Waals surface area contributed by atoms with E-state index in [9.17, 15) is 19.2 Å². The van der Waals surface area contributed by atoms with Crippen molar-refractivity contribution >= 4 is 35.4 Å². The second kappa shape index (κ2) is 7.89. The highest BCUT2D eigenvalue weighted by atomic mass is 16.6. The number of benzene rings is 2. The second-order valence-corrected chi connectivity index (χ2v) is 5.87. The maximum Gasteiger partial charge on any atom is 0.369 e. The first-order valence-electron chi connectivity index (χ1n) is 8.46. The van der Waals surface area contributed by atoms with Gasteiger partial charge in [-0.15, -0.1) is 0 Å². The number of ether oxygens (including phenoxy) is 2. The molecule has 0 aromatic heterocycles. The zero-order chi connectivity index (χ0) is 21.0. The molecule has 1 aliphatic rings. The zero-order valence-corrected chi connectivity index (χ0v) is 15.6.